The maximum Gasteiger partial charge on any atom is 0.246 e. The largest absolute Gasteiger partial charge is 0.369 e. The Hall–Kier alpha value is -3.90. The van der Waals surface area contributed by atoms with Crippen LogP contribution in [-0.2, 0) is 9.59 Å². The molecule has 9 heteroatoms. The van der Waals surface area contributed by atoms with Crippen LogP contribution in [0.4, 0.5) is 17.5 Å². The summed E-state index contributed by atoms with van der Waals surface area (Å²) in [5.41, 5.74) is 2.94. The highest BCUT2D eigenvalue weighted by atomic mass is 16.2. The van der Waals surface area contributed by atoms with Gasteiger partial charge >= 0.3 is 0 Å². The van der Waals surface area contributed by atoms with E-state index in [4.69, 9.17) is 0 Å². The van der Waals surface area contributed by atoms with Gasteiger partial charge < -0.3 is 25.8 Å². The Balaban J connectivity index is 1.89. The number of carbonyl (C=O) groups is 2. The molecule has 0 saturated carbocycles. The van der Waals surface area contributed by atoms with Crippen LogP contribution in [0.3, 0.4) is 0 Å². The minimum Gasteiger partial charge on any atom is -0.369 e. The summed E-state index contributed by atoms with van der Waals surface area (Å²) in [6, 6.07) is 7.71. The van der Waals surface area contributed by atoms with Crippen LogP contribution in [0.15, 0.2) is 42.6 Å². The lowest BCUT2D eigenvalue weighted by Gasteiger charge is -2.23. The quantitative estimate of drug-likeness (QED) is 0.183. The molecular weight excluding hydrogens is 502 g/mol. The van der Waals surface area contributed by atoms with Gasteiger partial charge in [-0.3, -0.25) is 9.59 Å². The highest BCUT2D eigenvalue weighted by Crippen LogP contribution is 2.20. The molecule has 0 aliphatic carbocycles. The number of carbonyl (C=O) groups excluding carboxylic acids is 2. The molecule has 1 aromatic carbocycles. The summed E-state index contributed by atoms with van der Waals surface area (Å²) in [5, 5.41) is 9.50. The van der Waals surface area contributed by atoms with E-state index < -0.39 is 6.04 Å². The molecule has 0 spiro atoms. The van der Waals surface area contributed by atoms with E-state index in [0.29, 0.717) is 43.6 Å². The van der Waals surface area contributed by atoms with Gasteiger partial charge in [0.15, 0.2) is 0 Å². The Kier molecular flexibility index (Phi) is 13.7. The number of benzene rings is 1. The molecule has 0 fully saturated rings. The van der Waals surface area contributed by atoms with Crippen molar-refractivity contribution in [3.63, 3.8) is 0 Å². The van der Waals surface area contributed by atoms with E-state index in [1.165, 1.54) is 16.5 Å². The molecular formula is C31H45N7O2. The van der Waals surface area contributed by atoms with Crippen molar-refractivity contribution in [3.8, 4) is 11.8 Å². The molecule has 0 radical (unpaired) electrons. The number of hydrogen-bond donors (Lipinski definition) is 3. The third-order valence-electron chi connectivity index (χ3n) is 6.20. The van der Waals surface area contributed by atoms with E-state index in [9.17, 15) is 9.59 Å². The van der Waals surface area contributed by atoms with Crippen LogP contribution in [0.2, 0.25) is 0 Å². The number of aromatic nitrogens is 2. The van der Waals surface area contributed by atoms with Crippen molar-refractivity contribution in [1.82, 2.24) is 25.1 Å². The number of likely N-dealkylation sites (N-methyl/N-ethyl adjacent to an activating group) is 2. The van der Waals surface area contributed by atoms with Crippen LogP contribution >= 0.6 is 0 Å². The summed E-state index contributed by atoms with van der Waals surface area (Å²) in [5.74, 6) is 7.62. The van der Waals surface area contributed by atoms with E-state index in [0.717, 1.165) is 24.2 Å². The maximum absolute atomic E-state index is 12.5. The molecule has 9 nitrogen and oxygen atoms in total. The second-order valence-electron chi connectivity index (χ2n) is 10.3. The number of amides is 2. The average Bonchev–Trinajstić information content (AvgIpc) is 2.93. The number of hydrogen-bond acceptors (Lipinski definition) is 7. The van der Waals surface area contributed by atoms with Crippen LogP contribution < -0.4 is 16.0 Å². The molecule has 40 heavy (non-hydrogen) atoms. The fourth-order valence-electron chi connectivity index (χ4n) is 3.53. The highest BCUT2D eigenvalue weighted by Gasteiger charge is 2.20. The Labute approximate surface area is 239 Å². The van der Waals surface area contributed by atoms with Crippen LogP contribution in [-0.4, -0.2) is 78.4 Å². The van der Waals surface area contributed by atoms with Gasteiger partial charge in [-0.25, -0.2) is 4.98 Å². The third kappa shape index (κ3) is 11.1. The molecule has 1 heterocycles. The lowest BCUT2D eigenvalue weighted by molar-refractivity contribution is -0.135. The monoisotopic (exact) mass is 547 g/mol. The number of rotatable bonds is 14. The topological polar surface area (TPSA) is 102 Å². The molecule has 2 aromatic rings. The fourth-order valence-corrected chi connectivity index (χ4v) is 3.53. The highest BCUT2D eigenvalue weighted by molar-refractivity contribution is 5.92. The van der Waals surface area contributed by atoms with E-state index in [1.54, 1.807) is 26.2 Å². The van der Waals surface area contributed by atoms with Crippen LogP contribution in [0.1, 0.15) is 64.0 Å². The molecule has 2 rings (SSSR count). The van der Waals surface area contributed by atoms with Gasteiger partial charge in [-0.15, -0.1) is 0 Å². The molecule has 2 amide bonds. The standard InChI is InChI=1S/C31H45N7O2/c1-8-19-32-29-26(22-34-31(36-29)35-27-17-15-25(16-18-27)23(2)3)13-10-9-11-20-33-30(40)24(4)38(7)28(39)14-12-21-37(5)6/h12,14-18,22-24H,8-9,11,19-21H2,1-7H3,(H,33,40)(H2,32,34,35,36)/b14-12+/t24-/m0/s1. The van der Waals surface area contributed by atoms with Crippen molar-refractivity contribution >= 4 is 29.3 Å². The summed E-state index contributed by atoms with van der Waals surface area (Å²) < 4.78 is 0. The number of nitrogens with zero attached hydrogens (tertiary/aromatic N) is 4. The minimum atomic E-state index is -0.563. The lowest BCUT2D eigenvalue weighted by atomic mass is 10.0. The van der Waals surface area contributed by atoms with E-state index in [2.05, 4.69) is 70.7 Å². The van der Waals surface area contributed by atoms with E-state index in [-0.39, 0.29) is 11.8 Å². The lowest BCUT2D eigenvalue weighted by Crippen LogP contribution is -2.45. The Morgan fingerprint density at radius 1 is 1.07 bits per heavy atom. The zero-order chi connectivity index (χ0) is 29.5. The van der Waals surface area contributed by atoms with Crippen molar-refractivity contribution in [3.05, 3.63) is 53.7 Å². The molecule has 0 bridgehead atoms. The van der Waals surface area contributed by atoms with Gasteiger partial charge in [0.2, 0.25) is 17.8 Å². The maximum atomic E-state index is 12.5. The third-order valence-corrected chi connectivity index (χ3v) is 6.20. The Morgan fingerprint density at radius 3 is 2.45 bits per heavy atom. The van der Waals surface area contributed by atoms with Crippen LogP contribution in [0.25, 0.3) is 0 Å². The molecule has 0 saturated heterocycles. The first-order valence-electron chi connectivity index (χ1n) is 13.9. The normalized spacial score (nSPS) is 11.7. The van der Waals surface area contributed by atoms with Crippen molar-refractivity contribution in [2.24, 2.45) is 0 Å². The number of unbranched alkanes of at least 4 members (excludes halogenated alkanes) is 1. The first kappa shape index (κ1) is 32.3. The van der Waals surface area contributed by atoms with E-state index in [1.807, 2.05) is 31.1 Å². The number of anilines is 3. The van der Waals surface area contributed by atoms with Gasteiger partial charge in [-0.1, -0.05) is 50.8 Å². The Morgan fingerprint density at radius 2 is 1.80 bits per heavy atom. The fraction of sp³-hybridized carbons (Fsp3) is 0.484. The summed E-state index contributed by atoms with van der Waals surface area (Å²) in [4.78, 5) is 37.2. The SMILES string of the molecule is CCCNc1nc(Nc2ccc(C(C)C)cc2)ncc1C#CCCCNC(=O)[C@H](C)N(C)C(=O)/C=C/CN(C)C. The van der Waals surface area contributed by atoms with E-state index >= 15 is 0 Å². The molecule has 0 aliphatic heterocycles. The van der Waals surface area contributed by atoms with Gasteiger partial charge in [0.1, 0.15) is 11.9 Å². The van der Waals surface area contributed by atoms with Crippen molar-refractivity contribution in [2.45, 2.75) is 58.9 Å². The van der Waals surface area contributed by atoms with Gasteiger partial charge in [-0.05, 0) is 57.5 Å². The summed E-state index contributed by atoms with van der Waals surface area (Å²) in [6.07, 6.45) is 7.27. The first-order valence-corrected chi connectivity index (χ1v) is 13.9. The second-order valence-corrected chi connectivity index (χ2v) is 10.3. The van der Waals surface area contributed by atoms with Gasteiger partial charge in [0.25, 0.3) is 0 Å². The summed E-state index contributed by atoms with van der Waals surface area (Å²) in [6.45, 7) is 10.1. The summed E-state index contributed by atoms with van der Waals surface area (Å²) >= 11 is 0. The molecule has 216 valence electrons. The van der Waals surface area contributed by atoms with Crippen molar-refractivity contribution in [2.75, 3.05) is 51.4 Å². The zero-order valence-corrected chi connectivity index (χ0v) is 25.0. The zero-order valence-electron chi connectivity index (χ0n) is 25.0. The summed E-state index contributed by atoms with van der Waals surface area (Å²) in [7, 11) is 5.49. The van der Waals surface area contributed by atoms with Crippen molar-refractivity contribution < 1.29 is 9.59 Å². The predicted molar refractivity (Wildman–Crippen MR) is 164 cm³/mol. The van der Waals surface area contributed by atoms with Gasteiger partial charge in [0, 0.05) is 44.9 Å². The smallest absolute Gasteiger partial charge is 0.246 e. The molecule has 3 N–H and O–H groups in total. The van der Waals surface area contributed by atoms with Gasteiger partial charge in [-0.2, -0.15) is 4.98 Å². The molecule has 1 atom stereocenters. The molecule has 0 unspecified atom stereocenters. The second kappa shape index (κ2) is 16.9. The van der Waals surface area contributed by atoms with Crippen LogP contribution in [0, 0.1) is 11.8 Å². The predicted octanol–water partition coefficient (Wildman–Crippen LogP) is 4.38. The molecule has 0 aliphatic rings. The van der Waals surface area contributed by atoms with Crippen molar-refractivity contribution in [1.29, 1.82) is 0 Å². The minimum absolute atomic E-state index is 0.189. The number of nitrogens with one attached hydrogen (secondary N) is 3. The Bertz CT molecular complexity index is 1180. The van der Waals surface area contributed by atoms with Crippen LogP contribution in [0.5, 0.6) is 0 Å². The first-order chi connectivity index (χ1) is 19.1. The van der Waals surface area contributed by atoms with Gasteiger partial charge in [0.05, 0.1) is 11.8 Å². The molecule has 1 aromatic heterocycles. The average molecular weight is 548 g/mol.